The lowest BCUT2D eigenvalue weighted by Crippen LogP contribution is -2.36. The van der Waals surface area contributed by atoms with Gasteiger partial charge in [0.1, 0.15) is 21.2 Å². The van der Waals surface area contributed by atoms with Gasteiger partial charge in [-0.1, -0.05) is 97.1 Å². The third kappa shape index (κ3) is 4.13. The monoisotopic (exact) mass is 570 g/mol. The van der Waals surface area contributed by atoms with Crippen molar-refractivity contribution in [3.63, 3.8) is 0 Å². The molecule has 1 heterocycles. The molecule has 7 rings (SSSR count). The molecule has 1 nitrogen and oxygen atoms in total. The molecule has 40 heavy (non-hydrogen) atoms. The van der Waals surface area contributed by atoms with E-state index in [9.17, 15) is 0 Å². The van der Waals surface area contributed by atoms with Crippen LogP contribution in [0.4, 0.5) is 0 Å². The molecule has 0 aliphatic carbocycles. The Hall–Kier alpha value is -3.59. The zero-order valence-corrected chi connectivity index (χ0v) is 24.8. The fraction of sp³-hybridized carbons (Fsp3) is 0. The van der Waals surface area contributed by atoms with E-state index in [0.29, 0.717) is 7.96 Å². The number of benzene rings is 6. The van der Waals surface area contributed by atoms with E-state index in [1.807, 2.05) is 0 Å². The van der Waals surface area contributed by atoms with Crippen LogP contribution in [-0.4, -0.2) is 0 Å². The van der Waals surface area contributed by atoms with Crippen LogP contribution in [0.25, 0.3) is 0 Å². The summed E-state index contributed by atoms with van der Waals surface area (Å²) in [7, 11) is 0.599. The minimum absolute atomic E-state index is 0.599. The van der Waals surface area contributed by atoms with Crippen molar-refractivity contribution in [3.05, 3.63) is 170 Å². The molecular weight excluding hydrogens is 541 g/mol. The van der Waals surface area contributed by atoms with Crippen LogP contribution in [0, 0.1) is 0 Å². The quantitative estimate of drug-likeness (QED) is 0.199. The van der Waals surface area contributed by atoms with Crippen LogP contribution in [0.15, 0.2) is 170 Å². The number of rotatable bonds is 4. The number of hydrogen-bond acceptors (Lipinski definition) is 1. The number of fused-ring (bicyclic) bond motifs is 2. The molecule has 1 aliphatic rings. The largest absolute Gasteiger partial charge is 0.449 e. The Morgan fingerprint density at radius 2 is 0.600 bits per heavy atom. The Bertz CT molecular complexity index is 1530. The van der Waals surface area contributed by atoms with Crippen molar-refractivity contribution in [2.24, 2.45) is 0 Å². The average molecular weight is 571 g/mol. The topological polar surface area (TPSA) is 9.23 Å². The first-order chi connectivity index (χ1) is 19.8. The molecule has 1 aliphatic heterocycles. The molecule has 192 valence electrons. The normalized spacial score (nSPS) is 15.0. The highest BCUT2D eigenvalue weighted by atomic mass is 32.5. The first-order valence-corrected chi connectivity index (χ1v) is 19.8. The Balaban J connectivity index is 1.69. The molecule has 0 unspecified atom stereocenters. The summed E-state index contributed by atoms with van der Waals surface area (Å²) >= 11 is 0. The zero-order chi connectivity index (χ0) is 26.8. The molecule has 0 radical (unpaired) electrons. The van der Waals surface area contributed by atoms with Crippen LogP contribution in [-0.2, 0) is 0 Å². The second kappa shape index (κ2) is 10.8. The SMILES string of the molecule is c1ccc([P+]2(c3ccccc3)P[P+](c3ccccc3)(c3ccccc3)c3ccccc3Oc3ccccc32)cc1. The average Bonchev–Trinajstić information content (AvgIpc) is 3.04. The molecule has 0 aromatic heterocycles. The van der Waals surface area contributed by atoms with E-state index < -0.39 is 13.9 Å². The minimum Gasteiger partial charge on any atom is -0.449 e. The zero-order valence-electron chi connectivity index (χ0n) is 22.0. The predicted octanol–water partition coefficient (Wildman–Crippen LogP) is 7.59. The standard InChI is InChI=1S/C36H29OP3/c1-5-17-29(18-6-1)39(30-19-7-2-8-20-30)35-27-15-13-25-33(35)37-34-26-14-16-28-36(34)40(38-39,31-21-9-3-10-22-31)32-23-11-4-12-24-32/h1-28,38H/q+2. The summed E-state index contributed by atoms with van der Waals surface area (Å²) < 4.78 is 7.04. The van der Waals surface area contributed by atoms with Crippen LogP contribution in [0.5, 0.6) is 11.5 Å². The van der Waals surface area contributed by atoms with Crippen molar-refractivity contribution in [2.45, 2.75) is 0 Å². The van der Waals surface area contributed by atoms with Gasteiger partial charge in [0.15, 0.2) is 36.0 Å². The summed E-state index contributed by atoms with van der Waals surface area (Å²) in [6.07, 6.45) is 0. The predicted molar refractivity (Wildman–Crippen MR) is 179 cm³/mol. The van der Waals surface area contributed by atoms with Gasteiger partial charge in [0.05, 0.1) is 0 Å². The molecule has 4 heteroatoms. The second-order valence-electron chi connectivity index (χ2n) is 9.82. The van der Waals surface area contributed by atoms with Crippen LogP contribution in [0.3, 0.4) is 0 Å². The molecule has 0 saturated carbocycles. The van der Waals surface area contributed by atoms with E-state index in [0.717, 1.165) is 11.5 Å². The van der Waals surface area contributed by atoms with Gasteiger partial charge in [-0.3, -0.25) is 0 Å². The summed E-state index contributed by atoms with van der Waals surface area (Å²) in [4.78, 5) is 0. The molecule has 0 bridgehead atoms. The molecule has 6 aromatic rings. The van der Waals surface area contributed by atoms with Gasteiger partial charge in [-0.2, -0.15) is 0 Å². The van der Waals surface area contributed by atoms with E-state index in [2.05, 4.69) is 170 Å². The molecule has 0 saturated heterocycles. The first-order valence-electron chi connectivity index (χ1n) is 13.5. The highest BCUT2D eigenvalue weighted by Crippen LogP contribution is 2.91. The fourth-order valence-electron chi connectivity index (χ4n) is 5.78. The maximum Gasteiger partial charge on any atom is 0.228 e. The van der Waals surface area contributed by atoms with Gasteiger partial charge >= 0.3 is 0 Å². The van der Waals surface area contributed by atoms with Gasteiger partial charge in [-0.05, 0) is 72.8 Å². The maximum absolute atomic E-state index is 7.04. The number of para-hydroxylation sites is 2. The van der Waals surface area contributed by atoms with E-state index in [-0.39, 0.29) is 0 Å². The summed E-state index contributed by atoms with van der Waals surface area (Å²) in [5.74, 6) is 1.92. The molecule has 6 aromatic carbocycles. The highest BCUT2D eigenvalue weighted by molar-refractivity contribution is 8.72. The number of ether oxygens (including phenoxy) is 1. The van der Waals surface area contributed by atoms with Gasteiger partial charge in [0, 0.05) is 0 Å². The molecule has 0 amide bonds. The van der Waals surface area contributed by atoms with Gasteiger partial charge in [0.25, 0.3) is 0 Å². The summed E-state index contributed by atoms with van der Waals surface area (Å²) in [6.45, 7) is -4.42. The van der Waals surface area contributed by atoms with Crippen molar-refractivity contribution >= 4 is 53.7 Å². The Morgan fingerprint density at radius 1 is 0.325 bits per heavy atom. The van der Waals surface area contributed by atoms with Gasteiger partial charge in [-0.15, -0.1) is 0 Å². The van der Waals surface area contributed by atoms with Crippen molar-refractivity contribution in [2.75, 3.05) is 0 Å². The fourth-order valence-corrected chi connectivity index (χ4v) is 29.0. The van der Waals surface area contributed by atoms with E-state index >= 15 is 0 Å². The van der Waals surface area contributed by atoms with Crippen LogP contribution >= 0.6 is 21.9 Å². The van der Waals surface area contributed by atoms with Crippen molar-refractivity contribution in [1.82, 2.24) is 0 Å². The summed E-state index contributed by atoms with van der Waals surface area (Å²) in [5.41, 5.74) is 0. The second-order valence-corrected chi connectivity index (χ2v) is 22.2. The number of hydrogen-bond donors (Lipinski definition) is 0. The van der Waals surface area contributed by atoms with E-state index in [1.165, 1.54) is 31.8 Å². The summed E-state index contributed by atoms with van der Waals surface area (Å²) in [5, 5.41) is 8.21. The molecular formula is C36H29OP3+2. The van der Waals surface area contributed by atoms with Crippen molar-refractivity contribution in [3.8, 4) is 11.5 Å². The lowest BCUT2D eigenvalue weighted by atomic mass is 10.3. The Kier molecular flexibility index (Phi) is 6.83. The maximum atomic E-state index is 7.04. The lowest BCUT2D eigenvalue weighted by molar-refractivity contribution is 0.490. The van der Waals surface area contributed by atoms with E-state index in [4.69, 9.17) is 4.74 Å². The smallest absolute Gasteiger partial charge is 0.228 e. The van der Waals surface area contributed by atoms with Crippen LogP contribution in [0.1, 0.15) is 0 Å². The first kappa shape index (κ1) is 25.4. The highest BCUT2D eigenvalue weighted by Gasteiger charge is 2.63. The van der Waals surface area contributed by atoms with Crippen LogP contribution < -0.4 is 36.6 Å². The van der Waals surface area contributed by atoms with Crippen molar-refractivity contribution < 1.29 is 4.74 Å². The van der Waals surface area contributed by atoms with E-state index in [1.54, 1.807) is 0 Å². The van der Waals surface area contributed by atoms with Crippen LogP contribution in [0.2, 0.25) is 0 Å². The molecule has 0 spiro atoms. The van der Waals surface area contributed by atoms with Gasteiger partial charge < -0.3 is 4.74 Å². The van der Waals surface area contributed by atoms with Crippen molar-refractivity contribution in [1.29, 1.82) is 0 Å². The lowest BCUT2D eigenvalue weighted by Gasteiger charge is -2.36. The molecule has 0 N–H and O–H groups in total. The summed E-state index contributed by atoms with van der Waals surface area (Å²) in [6, 6.07) is 62.5. The third-order valence-corrected chi connectivity index (χ3v) is 26.4. The Morgan fingerprint density at radius 3 is 0.925 bits per heavy atom. The minimum atomic E-state index is -2.21. The third-order valence-electron chi connectivity index (χ3n) is 7.55. The molecule has 0 atom stereocenters. The Labute approximate surface area is 239 Å². The van der Waals surface area contributed by atoms with Gasteiger partial charge in [0.2, 0.25) is 7.96 Å². The van der Waals surface area contributed by atoms with Gasteiger partial charge in [-0.25, -0.2) is 0 Å². The molecule has 0 fully saturated rings.